The van der Waals surface area contributed by atoms with Crippen molar-refractivity contribution in [3.05, 3.63) is 0 Å². The summed E-state index contributed by atoms with van der Waals surface area (Å²) in [6, 6.07) is 0. The Labute approximate surface area is 60.4 Å². The number of carboxylic acid groups (broad SMARTS) is 1. The molecular weight excluding hydrogens is 185 g/mol. The standard InChI is InChI=1S/C4H8GeO4/c5-4(8)9-2-1-3(6)7/h1-2H2,5H3,(H,6,7). The van der Waals surface area contributed by atoms with E-state index < -0.39 is 5.97 Å². The molecule has 9 heavy (non-hydrogen) atoms. The van der Waals surface area contributed by atoms with E-state index in [0.717, 1.165) is 0 Å². The third-order valence-corrected chi connectivity index (χ3v) is 1.23. The van der Waals surface area contributed by atoms with Crippen molar-refractivity contribution >= 4 is 27.3 Å². The van der Waals surface area contributed by atoms with Crippen molar-refractivity contribution in [1.29, 1.82) is 0 Å². The summed E-state index contributed by atoms with van der Waals surface area (Å²) in [5.74, 6) is -0.941. The molecule has 0 unspecified atom stereocenters. The van der Waals surface area contributed by atoms with Crippen molar-refractivity contribution < 1.29 is 19.4 Å². The summed E-state index contributed by atoms with van der Waals surface area (Å²) in [5, 5.41) is 8.05. The third kappa shape index (κ3) is 7.48. The van der Waals surface area contributed by atoms with E-state index in [0.29, 0.717) is 0 Å². The number of hydrogen-bond acceptors (Lipinski definition) is 3. The zero-order valence-electron chi connectivity index (χ0n) is 5.09. The molecular formula is C4H8GeO4. The Kier molecular flexibility index (Phi) is 4.12. The van der Waals surface area contributed by atoms with Crippen LogP contribution in [-0.2, 0) is 9.53 Å². The predicted molar refractivity (Wildman–Crippen MR) is 33.5 cm³/mol. The number of rotatable bonds is 3. The molecule has 5 heteroatoms. The molecule has 0 aromatic heterocycles. The van der Waals surface area contributed by atoms with Crippen LogP contribution in [0.5, 0.6) is 0 Å². The fraction of sp³-hybridized carbons (Fsp3) is 0.500. The van der Waals surface area contributed by atoms with Crippen molar-refractivity contribution in [2.24, 2.45) is 0 Å². The van der Waals surface area contributed by atoms with Crippen molar-refractivity contribution in [2.45, 2.75) is 6.42 Å². The molecule has 0 saturated carbocycles. The Hall–Kier alpha value is -0.517. The van der Waals surface area contributed by atoms with Gasteiger partial charge in [0.25, 0.3) is 0 Å². The van der Waals surface area contributed by atoms with Gasteiger partial charge in [0.1, 0.15) is 0 Å². The third-order valence-electron chi connectivity index (χ3n) is 0.621. The van der Waals surface area contributed by atoms with E-state index in [4.69, 9.17) is 5.11 Å². The monoisotopic (exact) mass is 194 g/mol. The van der Waals surface area contributed by atoms with Gasteiger partial charge >= 0.3 is 59.7 Å². The Morgan fingerprint density at radius 1 is 1.56 bits per heavy atom. The first-order chi connectivity index (χ1) is 4.13. The number of hydrogen-bond donors (Lipinski definition) is 1. The van der Waals surface area contributed by atoms with Crippen LogP contribution >= 0.6 is 0 Å². The van der Waals surface area contributed by atoms with Crippen LogP contribution in [0.1, 0.15) is 6.42 Å². The van der Waals surface area contributed by atoms with Gasteiger partial charge in [-0.2, -0.15) is 0 Å². The number of aliphatic carboxylic acids is 1. The van der Waals surface area contributed by atoms with Crippen LogP contribution in [0.25, 0.3) is 0 Å². The molecule has 1 N–H and O–H groups in total. The number of carbonyl (C=O) groups excluding carboxylic acids is 1. The maximum atomic E-state index is 10.1. The number of ether oxygens (including phenoxy) is 1. The molecule has 52 valence electrons. The van der Waals surface area contributed by atoms with E-state index >= 15 is 0 Å². The zero-order chi connectivity index (χ0) is 7.28. The van der Waals surface area contributed by atoms with Crippen LogP contribution in [0.3, 0.4) is 0 Å². The molecule has 0 aromatic rings. The van der Waals surface area contributed by atoms with Crippen LogP contribution in [0.4, 0.5) is 4.79 Å². The van der Waals surface area contributed by atoms with Gasteiger partial charge in [-0.15, -0.1) is 0 Å². The summed E-state index contributed by atoms with van der Waals surface area (Å²) >= 11 is 0.00546. The fourth-order valence-corrected chi connectivity index (χ4v) is 0.710. The van der Waals surface area contributed by atoms with Crippen molar-refractivity contribution in [1.82, 2.24) is 0 Å². The molecule has 0 saturated heterocycles. The minimum absolute atomic E-state index is 0.00546. The quantitative estimate of drug-likeness (QED) is 0.581. The van der Waals surface area contributed by atoms with Gasteiger partial charge in [0, 0.05) is 0 Å². The van der Waals surface area contributed by atoms with E-state index in [1.54, 1.807) is 0 Å². The topological polar surface area (TPSA) is 63.6 Å². The van der Waals surface area contributed by atoms with Gasteiger partial charge in [0.2, 0.25) is 0 Å². The van der Waals surface area contributed by atoms with Crippen molar-refractivity contribution in [3.63, 3.8) is 0 Å². The van der Waals surface area contributed by atoms with E-state index in [9.17, 15) is 9.59 Å². The SMILES string of the molecule is O=C(O)CCO[C](=O)[GeH3]. The van der Waals surface area contributed by atoms with Crippen LogP contribution < -0.4 is 0 Å². The van der Waals surface area contributed by atoms with Gasteiger partial charge in [-0.05, 0) is 0 Å². The molecule has 0 heterocycles. The molecule has 0 atom stereocenters. The van der Waals surface area contributed by atoms with E-state index in [1.807, 2.05) is 0 Å². The van der Waals surface area contributed by atoms with Crippen molar-refractivity contribution in [3.8, 4) is 0 Å². The van der Waals surface area contributed by atoms with E-state index in [2.05, 4.69) is 4.74 Å². The van der Waals surface area contributed by atoms with Gasteiger partial charge in [0.05, 0.1) is 0 Å². The second-order valence-corrected chi connectivity index (χ2v) is 3.20. The summed E-state index contributed by atoms with van der Waals surface area (Å²) in [5.41, 5.74) is 0. The first-order valence-corrected chi connectivity index (χ1v) is 4.58. The minimum atomic E-state index is -0.941. The summed E-state index contributed by atoms with van der Waals surface area (Å²) < 4.78 is 4.42. The molecule has 0 bridgehead atoms. The second kappa shape index (κ2) is 4.37. The van der Waals surface area contributed by atoms with Crippen LogP contribution in [-0.4, -0.2) is 39.0 Å². The summed E-state index contributed by atoms with van der Waals surface area (Å²) in [4.78, 5) is 19.6. The summed E-state index contributed by atoms with van der Waals surface area (Å²) in [7, 11) is 0. The van der Waals surface area contributed by atoms with Crippen molar-refractivity contribution in [2.75, 3.05) is 6.61 Å². The number of carbonyl (C=O) groups is 2. The average Bonchev–Trinajstić information content (AvgIpc) is 1.63. The Morgan fingerprint density at radius 3 is 2.44 bits per heavy atom. The summed E-state index contributed by atoms with van der Waals surface area (Å²) in [6.45, 7) is 0.00984. The first kappa shape index (κ1) is 8.48. The molecule has 0 aliphatic heterocycles. The van der Waals surface area contributed by atoms with Gasteiger partial charge in [0.15, 0.2) is 0 Å². The van der Waals surface area contributed by atoms with Gasteiger partial charge < -0.3 is 0 Å². The van der Waals surface area contributed by atoms with Crippen LogP contribution in [0.15, 0.2) is 0 Å². The fourth-order valence-electron chi connectivity index (χ4n) is 0.282. The molecule has 4 nitrogen and oxygen atoms in total. The molecule has 0 amide bonds. The van der Waals surface area contributed by atoms with Crippen LogP contribution in [0.2, 0.25) is 0 Å². The molecule has 0 rings (SSSR count). The summed E-state index contributed by atoms with van der Waals surface area (Å²) in [6.07, 6.45) is -0.0954. The molecule has 0 radical (unpaired) electrons. The Bertz CT molecular complexity index is 108. The van der Waals surface area contributed by atoms with Gasteiger partial charge in [-0.25, -0.2) is 0 Å². The van der Waals surface area contributed by atoms with Gasteiger partial charge in [-0.3, -0.25) is 0 Å². The predicted octanol–water partition coefficient (Wildman–Crippen LogP) is -1.04. The number of carboxylic acids is 1. The molecule has 0 aliphatic rings. The van der Waals surface area contributed by atoms with E-state index in [1.165, 1.54) is 0 Å². The average molecular weight is 193 g/mol. The zero-order valence-corrected chi connectivity index (χ0v) is 9.28. The molecule has 0 fully saturated rings. The Balaban J connectivity index is 3.10. The first-order valence-electron chi connectivity index (χ1n) is 2.48. The van der Waals surface area contributed by atoms with Gasteiger partial charge in [-0.1, -0.05) is 0 Å². The van der Waals surface area contributed by atoms with Crippen LogP contribution in [0, 0.1) is 0 Å². The Morgan fingerprint density at radius 2 is 2.11 bits per heavy atom. The second-order valence-electron chi connectivity index (χ2n) is 1.48. The maximum absolute atomic E-state index is 10.1. The molecule has 0 aromatic carbocycles. The van der Waals surface area contributed by atoms with E-state index in [-0.39, 0.29) is 34.3 Å². The molecule has 0 aliphatic carbocycles. The normalized spacial score (nSPS) is 8.89. The molecule has 0 spiro atoms.